The number of nitriles is 1. The van der Waals surface area contributed by atoms with Crippen molar-refractivity contribution >= 4 is 11.7 Å². The average Bonchev–Trinajstić information content (AvgIpc) is 2.35. The van der Waals surface area contributed by atoms with Crippen molar-refractivity contribution in [2.75, 3.05) is 18.8 Å². The largest absolute Gasteiger partial charge is 0.384 e. The fourth-order valence-corrected chi connectivity index (χ4v) is 1.44. The van der Waals surface area contributed by atoms with Crippen LogP contribution in [-0.4, -0.2) is 28.9 Å². The van der Waals surface area contributed by atoms with Crippen LogP contribution in [0.1, 0.15) is 24.2 Å². The highest BCUT2D eigenvalue weighted by atomic mass is 16.2. The highest BCUT2D eigenvalue weighted by Crippen LogP contribution is 2.08. The molecule has 2 N–H and O–H groups in total. The van der Waals surface area contributed by atoms with Crippen molar-refractivity contribution in [3.63, 3.8) is 0 Å². The van der Waals surface area contributed by atoms with Gasteiger partial charge in [-0.15, -0.1) is 0 Å². The van der Waals surface area contributed by atoms with E-state index < -0.39 is 0 Å². The van der Waals surface area contributed by atoms with E-state index in [1.807, 2.05) is 6.92 Å². The minimum Gasteiger partial charge on any atom is -0.384 e. The van der Waals surface area contributed by atoms with Gasteiger partial charge in [-0.05, 0) is 26.0 Å². The van der Waals surface area contributed by atoms with Crippen molar-refractivity contribution in [1.29, 1.82) is 5.26 Å². The van der Waals surface area contributed by atoms with E-state index >= 15 is 0 Å². The fraction of sp³-hybridized carbons (Fsp3) is 0.417. The zero-order chi connectivity index (χ0) is 12.8. The molecule has 1 atom stereocenters. The molecule has 0 aromatic carbocycles. The number of rotatable bonds is 4. The smallest absolute Gasteiger partial charge is 0.255 e. The third kappa shape index (κ3) is 3.45. The Hall–Kier alpha value is -2.09. The van der Waals surface area contributed by atoms with Crippen LogP contribution in [0.2, 0.25) is 0 Å². The molecule has 0 radical (unpaired) electrons. The molecular weight excluding hydrogens is 216 g/mol. The van der Waals surface area contributed by atoms with Gasteiger partial charge in [-0.25, -0.2) is 4.98 Å². The van der Waals surface area contributed by atoms with Crippen LogP contribution in [-0.2, 0) is 0 Å². The van der Waals surface area contributed by atoms with Crippen LogP contribution in [0.4, 0.5) is 5.82 Å². The molecule has 0 saturated heterocycles. The predicted molar refractivity (Wildman–Crippen MR) is 65.0 cm³/mol. The number of hydrogen-bond acceptors (Lipinski definition) is 4. The summed E-state index contributed by atoms with van der Waals surface area (Å²) in [4.78, 5) is 17.6. The van der Waals surface area contributed by atoms with E-state index in [1.165, 1.54) is 6.20 Å². The summed E-state index contributed by atoms with van der Waals surface area (Å²) in [7, 11) is 0. The van der Waals surface area contributed by atoms with Gasteiger partial charge in [0.1, 0.15) is 5.82 Å². The number of nitrogen functional groups attached to an aromatic ring is 1. The maximum absolute atomic E-state index is 12.1. The van der Waals surface area contributed by atoms with Crippen molar-refractivity contribution in [1.82, 2.24) is 9.88 Å². The Morgan fingerprint density at radius 3 is 2.82 bits per heavy atom. The first kappa shape index (κ1) is 13.0. The fourth-order valence-electron chi connectivity index (χ4n) is 1.44. The van der Waals surface area contributed by atoms with Crippen molar-refractivity contribution in [3.8, 4) is 6.07 Å². The van der Waals surface area contributed by atoms with Gasteiger partial charge in [0.25, 0.3) is 5.91 Å². The first-order chi connectivity index (χ1) is 8.08. The summed E-state index contributed by atoms with van der Waals surface area (Å²) < 4.78 is 0. The molecule has 90 valence electrons. The SMILES string of the molecule is CCN(CC(C)C#N)C(=O)c1ccc(N)nc1. The van der Waals surface area contributed by atoms with Crippen molar-refractivity contribution in [3.05, 3.63) is 23.9 Å². The van der Waals surface area contributed by atoms with Crippen LogP contribution in [0.15, 0.2) is 18.3 Å². The van der Waals surface area contributed by atoms with Gasteiger partial charge in [0.05, 0.1) is 17.6 Å². The third-order valence-corrected chi connectivity index (χ3v) is 2.42. The van der Waals surface area contributed by atoms with Gasteiger partial charge in [-0.2, -0.15) is 5.26 Å². The molecule has 0 saturated carbocycles. The molecule has 1 aromatic heterocycles. The number of pyridine rings is 1. The molecule has 0 bridgehead atoms. The minimum absolute atomic E-state index is 0.123. The van der Waals surface area contributed by atoms with Crippen molar-refractivity contribution in [2.24, 2.45) is 5.92 Å². The molecule has 1 unspecified atom stereocenters. The Morgan fingerprint density at radius 2 is 2.35 bits per heavy atom. The Morgan fingerprint density at radius 1 is 1.65 bits per heavy atom. The summed E-state index contributed by atoms with van der Waals surface area (Å²) in [6, 6.07) is 5.35. The van der Waals surface area contributed by atoms with Gasteiger partial charge in [0.15, 0.2) is 0 Å². The number of carbonyl (C=O) groups is 1. The lowest BCUT2D eigenvalue weighted by atomic mass is 10.1. The summed E-state index contributed by atoms with van der Waals surface area (Å²) in [5, 5.41) is 8.75. The molecule has 1 rings (SSSR count). The second-order valence-corrected chi connectivity index (χ2v) is 3.85. The minimum atomic E-state index is -0.180. The van der Waals surface area contributed by atoms with E-state index in [9.17, 15) is 4.79 Å². The number of anilines is 1. The zero-order valence-corrected chi connectivity index (χ0v) is 10.1. The normalized spacial score (nSPS) is 11.6. The quantitative estimate of drug-likeness (QED) is 0.847. The Labute approximate surface area is 101 Å². The molecule has 0 fully saturated rings. The molecule has 0 spiro atoms. The van der Waals surface area contributed by atoms with Crippen molar-refractivity contribution in [2.45, 2.75) is 13.8 Å². The van der Waals surface area contributed by atoms with E-state index in [4.69, 9.17) is 11.0 Å². The number of hydrogen-bond donors (Lipinski definition) is 1. The Balaban J connectivity index is 2.79. The second-order valence-electron chi connectivity index (χ2n) is 3.85. The van der Waals surface area contributed by atoms with E-state index in [0.29, 0.717) is 24.5 Å². The van der Waals surface area contributed by atoms with Gasteiger partial charge in [0.2, 0.25) is 0 Å². The standard InChI is InChI=1S/C12H16N4O/c1-3-16(8-9(2)6-13)12(17)10-4-5-11(14)15-7-10/h4-5,7,9H,3,8H2,1-2H3,(H2,14,15). The highest BCUT2D eigenvalue weighted by Gasteiger charge is 2.16. The molecule has 0 aliphatic carbocycles. The summed E-state index contributed by atoms with van der Waals surface area (Å²) in [6.07, 6.45) is 1.46. The van der Waals surface area contributed by atoms with Crippen LogP contribution in [0.25, 0.3) is 0 Å². The van der Waals surface area contributed by atoms with Crippen molar-refractivity contribution < 1.29 is 4.79 Å². The van der Waals surface area contributed by atoms with Crippen LogP contribution in [0.5, 0.6) is 0 Å². The topological polar surface area (TPSA) is 83.0 Å². The number of aromatic nitrogens is 1. The molecule has 0 aliphatic heterocycles. The molecule has 1 amide bonds. The summed E-state index contributed by atoms with van der Waals surface area (Å²) in [5.41, 5.74) is 5.95. The summed E-state index contributed by atoms with van der Waals surface area (Å²) >= 11 is 0. The molecule has 1 aromatic rings. The maximum Gasteiger partial charge on any atom is 0.255 e. The number of carbonyl (C=O) groups excluding carboxylic acids is 1. The molecule has 5 nitrogen and oxygen atoms in total. The Kier molecular flexibility index (Phi) is 4.46. The van der Waals surface area contributed by atoms with Crippen LogP contribution in [0, 0.1) is 17.2 Å². The highest BCUT2D eigenvalue weighted by molar-refractivity contribution is 5.94. The Bertz CT molecular complexity index is 421. The number of nitrogens with zero attached hydrogens (tertiary/aromatic N) is 3. The zero-order valence-electron chi connectivity index (χ0n) is 10.1. The van der Waals surface area contributed by atoms with Crippen LogP contribution >= 0.6 is 0 Å². The lowest BCUT2D eigenvalue weighted by Gasteiger charge is -2.21. The van der Waals surface area contributed by atoms with Gasteiger partial charge >= 0.3 is 0 Å². The summed E-state index contributed by atoms with van der Waals surface area (Å²) in [5.74, 6) is 0.0812. The van der Waals surface area contributed by atoms with E-state index in [1.54, 1.807) is 24.0 Å². The lowest BCUT2D eigenvalue weighted by molar-refractivity contribution is 0.0752. The lowest BCUT2D eigenvalue weighted by Crippen LogP contribution is -2.34. The summed E-state index contributed by atoms with van der Waals surface area (Å²) in [6.45, 7) is 4.66. The molecular formula is C12H16N4O. The number of nitrogens with two attached hydrogens (primary N) is 1. The van der Waals surface area contributed by atoms with Gasteiger partial charge in [0, 0.05) is 19.3 Å². The first-order valence-corrected chi connectivity index (χ1v) is 5.49. The molecule has 5 heteroatoms. The maximum atomic E-state index is 12.1. The first-order valence-electron chi connectivity index (χ1n) is 5.49. The predicted octanol–water partition coefficient (Wildman–Crippen LogP) is 1.29. The van der Waals surface area contributed by atoms with E-state index in [2.05, 4.69) is 11.1 Å². The van der Waals surface area contributed by atoms with Gasteiger partial charge in [-0.1, -0.05) is 0 Å². The van der Waals surface area contributed by atoms with E-state index in [0.717, 1.165) is 0 Å². The molecule has 1 heterocycles. The van der Waals surface area contributed by atoms with Crippen LogP contribution in [0.3, 0.4) is 0 Å². The van der Waals surface area contributed by atoms with Crippen LogP contribution < -0.4 is 5.73 Å². The molecule has 17 heavy (non-hydrogen) atoms. The second kappa shape index (κ2) is 5.85. The van der Waals surface area contributed by atoms with Gasteiger partial charge in [-0.3, -0.25) is 4.79 Å². The monoisotopic (exact) mass is 232 g/mol. The van der Waals surface area contributed by atoms with Gasteiger partial charge < -0.3 is 10.6 Å². The van der Waals surface area contributed by atoms with E-state index in [-0.39, 0.29) is 11.8 Å². The number of amides is 1. The average molecular weight is 232 g/mol. The third-order valence-electron chi connectivity index (χ3n) is 2.42. The molecule has 0 aliphatic rings.